The zero-order chi connectivity index (χ0) is 12.1. The first-order valence-corrected chi connectivity index (χ1v) is 7.52. The predicted octanol–water partition coefficient (Wildman–Crippen LogP) is 4.81. The molecule has 0 aromatic heterocycles. The van der Waals surface area contributed by atoms with E-state index < -0.39 is 0 Å². The summed E-state index contributed by atoms with van der Waals surface area (Å²) in [7, 11) is 0. The van der Waals surface area contributed by atoms with E-state index >= 15 is 0 Å². The third kappa shape index (κ3) is 3.43. The van der Waals surface area contributed by atoms with Crippen LogP contribution in [-0.2, 0) is 4.79 Å². The maximum atomic E-state index is 11.8. The van der Waals surface area contributed by atoms with Crippen molar-refractivity contribution in [1.29, 1.82) is 0 Å². The SMILES string of the molecule is CC1=C2CCCCCCCCCCC2CC1=O. The molecule has 1 heteroatoms. The fourth-order valence-corrected chi connectivity index (χ4v) is 3.42. The van der Waals surface area contributed by atoms with Crippen LogP contribution in [0.4, 0.5) is 0 Å². The summed E-state index contributed by atoms with van der Waals surface area (Å²) in [5.41, 5.74) is 2.64. The van der Waals surface area contributed by atoms with Crippen LogP contribution in [0.15, 0.2) is 11.1 Å². The van der Waals surface area contributed by atoms with E-state index in [0.717, 1.165) is 12.0 Å². The molecule has 0 aromatic rings. The highest BCUT2D eigenvalue weighted by Crippen LogP contribution is 2.36. The molecule has 0 bridgehead atoms. The van der Waals surface area contributed by atoms with E-state index in [1.54, 1.807) is 0 Å². The highest BCUT2D eigenvalue weighted by atomic mass is 16.1. The number of hydrogen-bond acceptors (Lipinski definition) is 1. The molecule has 0 aliphatic heterocycles. The first-order chi connectivity index (χ1) is 8.29. The zero-order valence-electron chi connectivity index (χ0n) is 11.3. The molecule has 0 aromatic carbocycles. The second-order valence-corrected chi connectivity index (χ2v) is 5.84. The number of hydrogen-bond donors (Lipinski definition) is 0. The molecule has 0 N–H and O–H groups in total. The lowest BCUT2D eigenvalue weighted by atomic mass is 9.89. The quantitative estimate of drug-likeness (QED) is 0.588. The second kappa shape index (κ2) is 6.37. The molecular weight excluding hydrogens is 208 g/mol. The molecule has 2 aliphatic carbocycles. The van der Waals surface area contributed by atoms with Crippen molar-refractivity contribution >= 4 is 5.78 Å². The van der Waals surface area contributed by atoms with Crippen molar-refractivity contribution in [2.45, 2.75) is 77.6 Å². The van der Waals surface area contributed by atoms with Gasteiger partial charge in [0.2, 0.25) is 0 Å². The molecule has 0 spiro atoms. The van der Waals surface area contributed by atoms with Crippen molar-refractivity contribution < 1.29 is 4.79 Å². The number of allylic oxidation sites excluding steroid dienone is 2. The van der Waals surface area contributed by atoms with E-state index in [0.29, 0.717) is 11.7 Å². The maximum Gasteiger partial charge on any atom is 0.159 e. The van der Waals surface area contributed by atoms with Gasteiger partial charge in [0.1, 0.15) is 0 Å². The monoisotopic (exact) mass is 234 g/mol. The smallest absolute Gasteiger partial charge is 0.159 e. The minimum atomic E-state index is 0.430. The first kappa shape index (κ1) is 12.9. The first-order valence-electron chi connectivity index (χ1n) is 7.52. The average Bonchev–Trinajstić information content (AvgIpc) is 2.56. The Labute approximate surface area is 106 Å². The van der Waals surface area contributed by atoms with E-state index in [-0.39, 0.29) is 0 Å². The summed E-state index contributed by atoms with van der Waals surface area (Å²) < 4.78 is 0. The molecule has 1 saturated carbocycles. The molecule has 1 unspecified atom stereocenters. The summed E-state index contributed by atoms with van der Waals surface area (Å²) in [6.45, 7) is 2.06. The lowest BCUT2D eigenvalue weighted by Gasteiger charge is -2.16. The van der Waals surface area contributed by atoms with E-state index in [1.165, 1.54) is 69.8 Å². The minimum absolute atomic E-state index is 0.430. The van der Waals surface area contributed by atoms with Gasteiger partial charge in [-0.25, -0.2) is 0 Å². The van der Waals surface area contributed by atoms with Crippen LogP contribution in [0.1, 0.15) is 77.6 Å². The molecule has 2 aliphatic rings. The van der Waals surface area contributed by atoms with Crippen LogP contribution in [0, 0.1) is 5.92 Å². The van der Waals surface area contributed by atoms with E-state index in [2.05, 4.69) is 6.92 Å². The lowest BCUT2D eigenvalue weighted by Crippen LogP contribution is -2.02. The summed E-state index contributed by atoms with van der Waals surface area (Å²) in [6, 6.07) is 0. The van der Waals surface area contributed by atoms with E-state index in [9.17, 15) is 4.79 Å². The summed E-state index contributed by atoms with van der Waals surface area (Å²) in [5.74, 6) is 1.04. The normalized spacial score (nSPS) is 28.5. The Morgan fingerprint density at radius 2 is 1.47 bits per heavy atom. The second-order valence-electron chi connectivity index (χ2n) is 5.84. The van der Waals surface area contributed by atoms with Gasteiger partial charge in [0.25, 0.3) is 0 Å². The summed E-state index contributed by atoms with van der Waals surface area (Å²) in [4.78, 5) is 11.8. The van der Waals surface area contributed by atoms with Gasteiger partial charge in [0, 0.05) is 6.42 Å². The van der Waals surface area contributed by atoms with Crippen LogP contribution in [0.2, 0.25) is 0 Å². The molecule has 1 atom stereocenters. The van der Waals surface area contributed by atoms with Crippen LogP contribution in [0.3, 0.4) is 0 Å². The number of carbonyl (C=O) groups is 1. The minimum Gasteiger partial charge on any atom is -0.295 e. The van der Waals surface area contributed by atoms with Gasteiger partial charge in [-0.2, -0.15) is 0 Å². The fourth-order valence-electron chi connectivity index (χ4n) is 3.42. The number of ketones is 1. The van der Waals surface area contributed by atoms with Gasteiger partial charge >= 0.3 is 0 Å². The molecule has 1 fully saturated rings. The van der Waals surface area contributed by atoms with Crippen molar-refractivity contribution in [1.82, 2.24) is 0 Å². The van der Waals surface area contributed by atoms with Crippen LogP contribution < -0.4 is 0 Å². The van der Waals surface area contributed by atoms with Crippen molar-refractivity contribution in [2.75, 3.05) is 0 Å². The number of carbonyl (C=O) groups excluding carboxylic acids is 1. The largest absolute Gasteiger partial charge is 0.295 e. The van der Waals surface area contributed by atoms with Gasteiger partial charge < -0.3 is 0 Å². The summed E-state index contributed by atoms with van der Waals surface area (Å²) in [5, 5.41) is 0. The van der Waals surface area contributed by atoms with Crippen LogP contribution in [-0.4, -0.2) is 5.78 Å². The molecule has 0 amide bonds. The van der Waals surface area contributed by atoms with Gasteiger partial charge in [0.05, 0.1) is 0 Å². The van der Waals surface area contributed by atoms with Gasteiger partial charge in [-0.05, 0) is 37.7 Å². The third-order valence-corrected chi connectivity index (χ3v) is 4.57. The van der Waals surface area contributed by atoms with Gasteiger partial charge in [-0.1, -0.05) is 50.5 Å². The standard InChI is InChI=1S/C16H26O/c1-13-15-11-9-7-5-3-2-4-6-8-10-14(15)12-16(13)17/h14H,2-12H2,1H3. The third-order valence-electron chi connectivity index (χ3n) is 4.57. The Balaban J connectivity index is 1.98. The average molecular weight is 234 g/mol. The highest BCUT2D eigenvalue weighted by molar-refractivity contribution is 5.98. The Morgan fingerprint density at radius 1 is 0.882 bits per heavy atom. The molecular formula is C16H26O. The van der Waals surface area contributed by atoms with Gasteiger partial charge in [-0.3, -0.25) is 4.79 Å². The fraction of sp³-hybridized carbons (Fsp3) is 0.812. The van der Waals surface area contributed by atoms with Crippen molar-refractivity contribution in [3.05, 3.63) is 11.1 Å². The Kier molecular flexibility index (Phi) is 4.82. The van der Waals surface area contributed by atoms with Crippen molar-refractivity contribution in [3.8, 4) is 0 Å². The molecule has 96 valence electrons. The molecule has 0 radical (unpaired) electrons. The van der Waals surface area contributed by atoms with Crippen LogP contribution >= 0.6 is 0 Å². The van der Waals surface area contributed by atoms with Gasteiger partial charge in [0.15, 0.2) is 5.78 Å². The Morgan fingerprint density at radius 3 is 2.18 bits per heavy atom. The molecule has 2 rings (SSSR count). The van der Waals surface area contributed by atoms with Crippen LogP contribution in [0.5, 0.6) is 0 Å². The van der Waals surface area contributed by atoms with Gasteiger partial charge in [-0.15, -0.1) is 0 Å². The Hall–Kier alpha value is -0.590. The van der Waals surface area contributed by atoms with Crippen LogP contribution in [0.25, 0.3) is 0 Å². The number of rotatable bonds is 0. The number of fused-ring (bicyclic) bond motifs is 1. The number of Topliss-reactive ketones (excluding diaryl/α,β-unsaturated/α-hetero) is 1. The molecule has 17 heavy (non-hydrogen) atoms. The molecule has 0 saturated heterocycles. The molecule has 0 heterocycles. The zero-order valence-corrected chi connectivity index (χ0v) is 11.3. The maximum absolute atomic E-state index is 11.8. The van der Waals surface area contributed by atoms with Crippen molar-refractivity contribution in [3.63, 3.8) is 0 Å². The highest BCUT2D eigenvalue weighted by Gasteiger charge is 2.28. The van der Waals surface area contributed by atoms with Crippen molar-refractivity contribution in [2.24, 2.45) is 5.92 Å². The summed E-state index contributed by atoms with van der Waals surface area (Å²) >= 11 is 0. The van der Waals surface area contributed by atoms with E-state index in [4.69, 9.17) is 0 Å². The lowest BCUT2D eigenvalue weighted by molar-refractivity contribution is -0.115. The predicted molar refractivity (Wildman–Crippen MR) is 72.0 cm³/mol. The molecule has 1 nitrogen and oxygen atoms in total. The summed E-state index contributed by atoms with van der Waals surface area (Å²) in [6.07, 6.45) is 14.3. The van der Waals surface area contributed by atoms with E-state index in [1.807, 2.05) is 0 Å². The topological polar surface area (TPSA) is 17.1 Å². The Bertz CT molecular complexity index is 301.